The molecule has 0 saturated carbocycles. The zero-order valence-electron chi connectivity index (χ0n) is 10.2. The Kier molecular flexibility index (Phi) is 4.61. The molecule has 20 heavy (non-hydrogen) atoms. The number of nitrogens with one attached hydrogen (secondary N) is 2. The zero-order chi connectivity index (χ0) is 14.7. The van der Waals surface area contributed by atoms with Crippen LogP contribution in [0.15, 0.2) is 39.4 Å². The Balaban J connectivity index is 2.31. The Bertz CT molecular complexity index is 603. The third kappa shape index (κ3) is 3.29. The molecule has 0 unspecified atom stereocenters. The van der Waals surface area contributed by atoms with Crippen LogP contribution >= 0.6 is 31.9 Å². The van der Waals surface area contributed by atoms with Crippen molar-refractivity contribution < 1.29 is 14.3 Å². The standard InChI is InChI=1S/C13H10Br2N2O3/c1-2-3-20-11-8(14)4-7(5-9(11)15)6-10-12(18)17-13(19)16-10/h2,4-6H,1,3H2,(H2,16,17,18,19). The van der Waals surface area contributed by atoms with Crippen molar-refractivity contribution in [2.24, 2.45) is 0 Å². The molecular formula is C13H10Br2N2O3. The minimum absolute atomic E-state index is 0.202. The third-order valence-corrected chi connectivity index (χ3v) is 3.58. The minimum atomic E-state index is -0.523. The summed E-state index contributed by atoms with van der Waals surface area (Å²) in [6.45, 7) is 3.97. The van der Waals surface area contributed by atoms with E-state index >= 15 is 0 Å². The van der Waals surface area contributed by atoms with Crippen LogP contribution in [-0.4, -0.2) is 18.5 Å². The van der Waals surface area contributed by atoms with Crippen LogP contribution < -0.4 is 15.4 Å². The van der Waals surface area contributed by atoms with E-state index in [2.05, 4.69) is 49.1 Å². The lowest BCUT2D eigenvalue weighted by atomic mass is 10.2. The highest BCUT2D eigenvalue weighted by atomic mass is 79.9. The molecule has 0 aromatic heterocycles. The number of benzene rings is 1. The molecule has 1 aromatic carbocycles. The molecule has 2 rings (SSSR count). The van der Waals surface area contributed by atoms with Gasteiger partial charge in [-0.05, 0) is 55.6 Å². The summed E-state index contributed by atoms with van der Waals surface area (Å²) in [5, 5.41) is 4.57. The van der Waals surface area contributed by atoms with Gasteiger partial charge in [-0.1, -0.05) is 12.7 Å². The highest BCUT2D eigenvalue weighted by Gasteiger charge is 2.22. The molecule has 2 N–H and O–H groups in total. The molecule has 1 saturated heterocycles. The van der Waals surface area contributed by atoms with Gasteiger partial charge in [-0.25, -0.2) is 4.79 Å². The zero-order valence-corrected chi connectivity index (χ0v) is 13.4. The molecule has 3 amide bonds. The van der Waals surface area contributed by atoms with Gasteiger partial charge in [0.15, 0.2) is 0 Å². The van der Waals surface area contributed by atoms with Gasteiger partial charge < -0.3 is 10.1 Å². The number of imide groups is 1. The fraction of sp³-hybridized carbons (Fsp3) is 0.0769. The van der Waals surface area contributed by atoms with Crippen molar-refractivity contribution in [3.63, 3.8) is 0 Å². The maximum absolute atomic E-state index is 11.4. The maximum atomic E-state index is 11.4. The van der Waals surface area contributed by atoms with Gasteiger partial charge in [-0.2, -0.15) is 0 Å². The highest BCUT2D eigenvalue weighted by Crippen LogP contribution is 2.35. The SMILES string of the molecule is C=CCOc1c(Br)cc(C=C2NC(=O)NC2=O)cc1Br. The van der Waals surface area contributed by atoms with E-state index in [0.717, 1.165) is 14.5 Å². The summed E-state index contributed by atoms with van der Waals surface area (Å²) in [5.74, 6) is 0.196. The predicted molar refractivity (Wildman–Crippen MR) is 82.2 cm³/mol. The Labute approximate surface area is 132 Å². The van der Waals surface area contributed by atoms with E-state index in [1.807, 2.05) is 0 Å². The number of carbonyl (C=O) groups excluding carboxylic acids is 2. The van der Waals surface area contributed by atoms with Crippen molar-refractivity contribution in [3.05, 3.63) is 45.0 Å². The molecule has 0 atom stereocenters. The number of ether oxygens (including phenoxy) is 1. The second-order valence-electron chi connectivity index (χ2n) is 3.88. The fourth-order valence-corrected chi connectivity index (χ4v) is 3.04. The molecule has 5 nitrogen and oxygen atoms in total. The summed E-state index contributed by atoms with van der Waals surface area (Å²) in [5.41, 5.74) is 0.940. The molecule has 104 valence electrons. The first-order chi connectivity index (χ1) is 9.51. The van der Waals surface area contributed by atoms with Gasteiger partial charge in [-0.3, -0.25) is 10.1 Å². The van der Waals surface area contributed by atoms with Crippen molar-refractivity contribution in [3.8, 4) is 5.75 Å². The first kappa shape index (κ1) is 14.8. The van der Waals surface area contributed by atoms with Crippen molar-refractivity contribution in [1.29, 1.82) is 0 Å². The summed E-state index contributed by atoms with van der Waals surface area (Å²) in [6, 6.07) is 3.05. The lowest BCUT2D eigenvalue weighted by Gasteiger charge is -2.09. The fourth-order valence-electron chi connectivity index (χ4n) is 1.59. The van der Waals surface area contributed by atoms with Crippen LogP contribution in [0.25, 0.3) is 6.08 Å². The van der Waals surface area contributed by atoms with Crippen LogP contribution in [0.5, 0.6) is 5.75 Å². The van der Waals surface area contributed by atoms with Gasteiger partial charge in [0, 0.05) is 0 Å². The molecular weight excluding hydrogens is 392 g/mol. The molecule has 1 aliphatic heterocycles. The lowest BCUT2D eigenvalue weighted by molar-refractivity contribution is -0.115. The van der Waals surface area contributed by atoms with Gasteiger partial charge in [0.1, 0.15) is 18.1 Å². The molecule has 7 heteroatoms. The normalized spacial score (nSPS) is 16.0. The van der Waals surface area contributed by atoms with Gasteiger partial charge >= 0.3 is 6.03 Å². The van der Waals surface area contributed by atoms with Crippen molar-refractivity contribution >= 4 is 49.9 Å². The van der Waals surface area contributed by atoms with Gasteiger partial charge in [-0.15, -0.1) is 0 Å². The Hall–Kier alpha value is -1.60. The van der Waals surface area contributed by atoms with E-state index in [0.29, 0.717) is 12.4 Å². The molecule has 1 aliphatic rings. The smallest absolute Gasteiger partial charge is 0.326 e. The Morgan fingerprint density at radius 2 is 1.85 bits per heavy atom. The van der Waals surface area contributed by atoms with Crippen LogP contribution in [0.4, 0.5) is 4.79 Å². The van der Waals surface area contributed by atoms with Gasteiger partial charge in [0.2, 0.25) is 0 Å². The van der Waals surface area contributed by atoms with E-state index in [1.165, 1.54) is 0 Å². The van der Waals surface area contributed by atoms with Crippen LogP contribution in [0.1, 0.15) is 5.56 Å². The van der Waals surface area contributed by atoms with Crippen LogP contribution in [0.3, 0.4) is 0 Å². The minimum Gasteiger partial charge on any atom is -0.487 e. The van der Waals surface area contributed by atoms with E-state index < -0.39 is 11.9 Å². The Morgan fingerprint density at radius 1 is 1.20 bits per heavy atom. The number of hydrogen-bond donors (Lipinski definition) is 2. The molecule has 1 fully saturated rings. The second kappa shape index (κ2) is 6.23. The number of halogens is 2. The summed E-state index contributed by atoms with van der Waals surface area (Å²) >= 11 is 6.80. The summed E-state index contributed by atoms with van der Waals surface area (Å²) in [4.78, 5) is 22.5. The molecule has 1 heterocycles. The number of carbonyl (C=O) groups is 2. The summed E-state index contributed by atoms with van der Waals surface area (Å²) < 4.78 is 6.95. The number of hydrogen-bond acceptors (Lipinski definition) is 3. The summed E-state index contributed by atoms with van der Waals surface area (Å²) in [6.07, 6.45) is 3.22. The van der Waals surface area contributed by atoms with Gasteiger partial charge in [0.25, 0.3) is 5.91 Å². The molecule has 1 aromatic rings. The average molecular weight is 402 g/mol. The largest absolute Gasteiger partial charge is 0.487 e. The predicted octanol–water partition coefficient (Wildman–Crippen LogP) is 2.96. The third-order valence-electron chi connectivity index (χ3n) is 2.40. The van der Waals surface area contributed by atoms with E-state index in [4.69, 9.17) is 4.74 Å². The monoisotopic (exact) mass is 400 g/mol. The molecule has 0 aliphatic carbocycles. The number of rotatable bonds is 4. The highest BCUT2D eigenvalue weighted by molar-refractivity contribution is 9.11. The van der Waals surface area contributed by atoms with Crippen molar-refractivity contribution in [1.82, 2.24) is 10.6 Å². The van der Waals surface area contributed by atoms with E-state index in [9.17, 15) is 9.59 Å². The van der Waals surface area contributed by atoms with Crippen LogP contribution in [0, 0.1) is 0 Å². The molecule has 0 spiro atoms. The first-order valence-corrected chi connectivity index (χ1v) is 7.16. The van der Waals surface area contributed by atoms with Gasteiger partial charge in [0.05, 0.1) is 8.95 Å². The summed E-state index contributed by atoms with van der Waals surface area (Å²) in [7, 11) is 0. The van der Waals surface area contributed by atoms with E-state index in [-0.39, 0.29) is 5.70 Å². The van der Waals surface area contributed by atoms with E-state index in [1.54, 1.807) is 24.3 Å². The first-order valence-electron chi connectivity index (χ1n) is 5.58. The quantitative estimate of drug-likeness (QED) is 0.463. The topological polar surface area (TPSA) is 67.4 Å². The van der Waals surface area contributed by atoms with Crippen molar-refractivity contribution in [2.45, 2.75) is 0 Å². The molecule has 0 bridgehead atoms. The Morgan fingerprint density at radius 3 is 2.35 bits per heavy atom. The maximum Gasteiger partial charge on any atom is 0.326 e. The lowest BCUT2D eigenvalue weighted by Crippen LogP contribution is -2.22. The van der Waals surface area contributed by atoms with Crippen molar-refractivity contribution in [2.75, 3.05) is 6.61 Å². The number of urea groups is 1. The van der Waals surface area contributed by atoms with Crippen LogP contribution in [-0.2, 0) is 4.79 Å². The molecule has 0 radical (unpaired) electrons. The average Bonchev–Trinajstić information content (AvgIpc) is 2.67. The number of amides is 3. The van der Waals surface area contributed by atoms with Crippen LogP contribution in [0.2, 0.25) is 0 Å². The second-order valence-corrected chi connectivity index (χ2v) is 5.59.